The third-order valence-electron chi connectivity index (χ3n) is 3.35. The normalized spacial score (nSPS) is 12.2. The summed E-state index contributed by atoms with van der Waals surface area (Å²) in [6, 6.07) is 12.6. The summed E-state index contributed by atoms with van der Waals surface area (Å²) >= 11 is 12.0. The molecule has 0 aliphatic heterocycles. The Morgan fingerprint density at radius 2 is 2.05 bits per heavy atom. The van der Waals surface area contributed by atoms with Crippen molar-refractivity contribution in [3.63, 3.8) is 0 Å². The van der Waals surface area contributed by atoms with Gasteiger partial charge in [0.25, 0.3) is 0 Å². The quantitative estimate of drug-likeness (QED) is 0.593. The Labute approximate surface area is 152 Å². The predicted molar refractivity (Wildman–Crippen MR) is 100 cm³/mol. The van der Waals surface area contributed by atoms with Gasteiger partial charge in [0.15, 0.2) is 0 Å². The number of halogens is 3. The van der Waals surface area contributed by atoms with Crippen molar-refractivity contribution in [3.05, 3.63) is 60.6 Å². The number of hydrogen-bond acceptors (Lipinski definition) is 2. The largest absolute Gasteiger partial charge is 0.496 e. The molecule has 0 fully saturated rings. The molecule has 5 heteroatoms. The molecule has 1 atom stereocenters. The van der Waals surface area contributed by atoms with Gasteiger partial charge in [-0.05, 0) is 87.4 Å². The van der Waals surface area contributed by atoms with Gasteiger partial charge in [-0.3, -0.25) is 0 Å². The van der Waals surface area contributed by atoms with Gasteiger partial charge >= 0.3 is 0 Å². The van der Waals surface area contributed by atoms with Crippen LogP contribution in [0.3, 0.4) is 0 Å². The minimum Gasteiger partial charge on any atom is -0.496 e. The van der Waals surface area contributed by atoms with E-state index < -0.39 is 0 Å². The van der Waals surface area contributed by atoms with Crippen LogP contribution in [0.4, 0.5) is 0 Å². The first-order valence-corrected chi connectivity index (χ1v) is 8.74. The van der Waals surface area contributed by atoms with Crippen LogP contribution in [0.2, 0.25) is 5.02 Å². The summed E-state index contributed by atoms with van der Waals surface area (Å²) < 4.78 is 7.30. The van der Waals surface area contributed by atoms with E-state index in [1.807, 2.05) is 25.2 Å². The number of nitrogens with one attached hydrogen (secondary N) is 1. The summed E-state index contributed by atoms with van der Waals surface area (Å²) in [5.41, 5.74) is 2.42. The number of ether oxygens (including phenoxy) is 1. The van der Waals surface area contributed by atoms with E-state index in [1.54, 1.807) is 7.11 Å². The fourth-order valence-electron chi connectivity index (χ4n) is 2.19. The first-order chi connectivity index (χ1) is 10.0. The summed E-state index contributed by atoms with van der Waals surface area (Å²) in [4.78, 5) is 0. The van der Waals surface area contributed by atoms with E-state index in [9.17, 15) is 0 Å². The summed E-state index contributed by atoms with van der Waals surface area (Å²) in [7, 11) is 3.64. The van der Waals surface area contributed by atoms with Gasteiger partial charge in [0.1, 0.15) is 5.75 Å². The van der Waals surface area contributed by atoms with Gasteiger partial charge in [-0.25, -0.2) is 0 Å². The predicted octanol–water partition coefficient (Wildman–Crippen LogP) is 5.22. The molecule has 2 aromatic rings. The molecule has 0 spiro atoms. The van der Waals surface area contributed by atoms with E-state index >= 15 is 0 Å². The second-order valence-corrected chi connectivity index (χ2v) is 7.11. The third-order valence-corrected chi connectivity index (χ3v) is 5.54. The average Bonchev–Trinajstić information content (AvgIpc) is 2.48. The molecule has 0 aromatic heterocycles. The lowest BCUT2D eigenvalue weighted by molar-refractivity contribution is 0.412. The number of benzene rings is 2. The Morgan fingerprint density at radius 1 is 1.29 bits per heavy atom. The van der Waals surface area contributed by atoms with Crippen LogP contribution in [0.5, 0.6) is 5.75 Å². The summed E-state index contributed by atoms with van der Waals surface area (Å²) in [6.45, 7) is 0. The van der Waals surface area contributed by atoms with Gasteiger partial charge in [0.2, 0.25) is 0 Å². The SMILES string of the molecule is CNC(Cc1ccc(OC)c(Br)c1)c1ccc(I)c(Cl)c1. The van der Waals surface area contributed by atoms with Gasteiger partial charge in [0, 0.05) is 9.61 Å². The fraction of sp³-hybridized carbons (Fsp3) is 0.250. The van der Waals surface area contributed by atoms with Gasteiger partial charge < -0.3 is 10.1 Å². The number of methoxy groups -OCH3 is 1. The molecule has 2 nitrogen and oxygen atoms in total. The molecule has 1 N–H and O–H groups in total. The van der Waals surface area contributed by atoms with Crippen molar-refractivity contribution in [1.82, 2.24) is 5.32 Å². The number of hydrogen-bond donors (Lipinski definition) is 1. The lowest BCUT2D eigenvalue weighted by Crippen LogP contribution is -2.19. The molecule has 0 saturated heterocycles. The number of rotatable bonds is 5. The molecule has 0 heterocycles. The van der Waals surface area contributed by atoms with Crippen LogP contribution in [0.25, 0.3) is 0 Å². The number of likely N-dealkylation sites (N-methyl/N-ethyl adjacent to an activating group) is 1. The molecule has 112 valence electrons. The van der Waals surface area contributed by atoms with Crippen LogP contribution in [-0.2, 0) is 6.42 Å². The summed E-state index contributed by atoms with van der Waals surface area (Å²) in [6.07, 6.45) is 0.885. The van der Waals surface area contributed by atoms with Crippen LogP contribution < -0.4 is 10.1 Å². The molecule has 21 heavy (non-hydrogen) atoms. The van der Waals surface area contributed by atoms with Crippen molar-refractivity contribution in [3.8, 4) is 5.75 Å². The molecule has 2 aromatic carbocycles. The highest BCUT2D eigenvalue weighted by atomic mass is 127. The Kier molecular flexibility index (Phi) is 6.34. The Balaban J connectivity index is 2.22. The zero-order valence-corrected chi connectivity index (χ0v) is 16.3. The van der Waals surface area contributed by atoms with E-state index in [4.69, 9.17) is 16.3 Å². The minimum atomic E-state index is 0.222. The molecule has 0 saturated carbocycles. The van der Waals surface area contributed by atoms with E-state index in [0.29, 0.717) is 0 Å². The highest BCUT2D eigenvalue weighted by Crippen LogP contribution is 2.29. The van der Waals surface area contributed by atoms with E-state index in [2.05, 4.69) is 62.0 Å². The second kappa shape index (κ2) is 7.81. The minimum absolute atomic E-state index is 0.222. The van der Waals surface area contributed by atoms with E-state index in [0.717, 1.165) is 25.2 Å². The van der Waals surface area contributed by atoms with Gasteiger partial charge in [-0.15, -0.1) is 0 Å². The van der Waals surface area contributed by atoms with Crippen LogP contribution in [0, 0.1) is 3.57 Å². The molecule has 2 rings (SSSR count). The van der Waals surface area contributed by atoms with Crippen molar-refractivity contribution in [2.24, 2.45) is 0 Å². The topological polar surface area (TPSA) is 21.3 Å². The molecule has 0 amide bonds. The van der Waals surface area contributed by atoms with Gasteiger partial charge in [0.05, 0.1) is 16.6 Å². The molecular weight excluding hydrogens is 464 g/mol. The smallest absolute Gasteiger partial charge is 0.133 e. The van der Waals surface area contributed by atoms with Crippen LogP contribution in [0.1, 0.15) is 17.2 Å². The highest BCUT2D eigenvalue weighted by Gasteiger charge is 2.12. The highest BCUT2D eigenvalue weighted by molar-refractivity contribution is 14.1. The maximum atomic E-state index is 6.22. The zero-order chi connectivity index (χ0) is 15.4. The van der Waals surface area contributed by atoms with E-state index in [-0.39, 0.29) is 6.04 Å². The fourth-order valence-corrected chi connectivity index (χ4v) is 3.30. The third kappa shape index (κ3) is 4.34. The second-order valence-electron chi connectivity index (χ2n) is 4.69. The van der Waals surface area contributed by atoms with E-state index in [1.165, 1.54) is 11.1 Å². The monoisotopic (exact) mass is 479 g/mol. The molecular formula is C16H16BrClINO. The Hall–Kier alpha value is -0.300. The Bertz CT molecular complexity index is 636. The summed E-state index contributed by atoms with van der Waals surface area (Å²) in [5, 5.41) is 4.15. The Morgan fingerprint density at radius 3 is 2.62 bits per heavy atom. The summed E-state index contributed by atoms with van der Waals surface area (Å²) in [5.74, 6) is 0.845. The lowest BCUT2D eigenvalue weighted by Gasteiger charge is -2.18. The van der Waals surface area contributed by atoms with Crippen LogP contribution in [0.15, 0.2) is 40.9 Å². The van der Waals surface area contributed by atoms with Crippen molar-refractivity contribution in [1.29, 1.82) is 0 Å². The van der Waals surface area contributed by atoms with Gasteiger partial charge in [-0.1, -0.05) is 23.7 Å². The molecule has 0 aliphatic carbocycles. The molecule has 0 bridgehead atoms. The van der Waals surface area contributed by atoms with Crippen LogP contribution >= 0.6 is 50.1 Å². The standard InChI is InChI=1S/C16H16BrClINO/c1-20-15(11-4-5-14(19)13(18)9-11)8-10-3-6-16(21-2)12(17)7-10/h3-7,9,15,20H,8H2,1-2H3. The first kappa shape index (κ1) is 17.1. The lowest BCUT2D eigenvalue weighted by atomic mass is 9.99. The molecule has 0 aliphatic rings. The maximum Gasteiger partial charge on any atom is 0.133 e. The van der Waals surface area contributed by atoms with Crippen LogP contribution in [-0.4, -0.2) is 14.2 Å². The maximum absolute atomic E-state index is 6.22. The van der Waals surface area contributed by atoms with Crippen molar-refractivity contribution in [2.45, 2.75) is 12.5 Å². The van der Waals surface area contributed by atoms with Crippen molar-refractivity contribution < 1.29 is 4.74 Å². The molecule has 0 radical (unpaired) electrons. The van der Waals surface area contributed by atoms with Crippen molar-refractivity contribution in [2.75, 3.05) is 14.2 Å². The van der Waals surface area contributed by atoms with Crippen molar-refractivity contribution >= 4 is 50.1 Å². The zero-order valence-electron chi connectivity index (χ0n) is 11.8. The average molecular weight is 481 g/mol. The first-order valence-electron chi connectivity index (χ1n) is 6.49. The molecule has 1 unspecified atom stereocenters. The van der Waals surface area contributed by atoms with Gasteiger partial charge in [-0.2, -0.15) is 0 Å².